The van der Waals surface area contributed by atoms with Gasteiger partial charge in [-0.25, -0.2) is 8.94 Å². The molecule has 6 heteroatoms. The van der Waals surface area contributed by atoms with Gasteiger partial charge in [0.25, 0.3) is 0 Å². The third-order valence-electron chi connectivity index (χ3n) is 3.75. The van der Waals surface area contributed by atoms with Gasteiger partial charge >= 0.3 is 0 Å². The summed E-state index contributed by atoms with van der Waals surface area (Å²) < 4.78 is 2.21. The summed E-state index contributed by atoms with van der Waals surface area (Å²) in [4.78, 5) is 14.4. The summed E-state index contributed by atoms with van der Waals surface area (Å²) >= 11 is 1.61. The number of nitrogens with zero attached hydrogens (tertiary/aromatic N) is 4. The van der Waals surface area contributed by atoms with E-state index in [1.165, 1.54) is 12.8 Å². The molecule has 0 saturated carbocycles. The van der Waals surface area contributed by atoms with Crippen molar-refractivity contribution in [1.82, 2.24) is 13.9 Å². The molecule has 0 bridgehead atoms. The Labute approximate surface area is 163 Å². The van der Waals surface area contributed by atoms with Crippen molar-refractivity contribution in [3.8, 4) is 5.69 Å². The van der Waals surface area contributed by atoms with E-state index in [1.54, 1.807) is 17.7 Å². The van der Waals surface area contributed by atoms with Crippen LogP contribution in [0.25, 0.3) is 5.69 Å². The molecule has 25 heavy (non-hydrogen) atoms. The fraction of sp³-hybridized carbons (Fsp3) is 0.316. The van der Waals surface area contributed by atoms with Crippen molar-refractivity contribution < 1.29 is 0 Å². The maximum absolute atomic E-state index is 4.77. The summed E-state index contributed by atoms with van der Waals surface area (Å²) in [6, 6.07) is 14.4. The third-order valence-corrected chi connectivity index (χ3v) is 4.73. The van der Waals surface area contributed by atoms with Gasteiger partial charge in [0.2, 0.25) is 4.80 Å². The largest absolute Gasteiger partial charge is 0.264 e. The zero-order valence-corrected chi connectivity index (χ0v) is 16.9. The number of para-hydroxylation sites is 1. The predicted octanol–water partition coefficient (Wildman–Crippen LogP) is 4.74. The third kappa shape index (κ3) is 5.61. The summed E-state index contributed by atoms with van der Waals surface area (Å²) in [5.41, 5.74) is 2.26. The molecule has 0 amide bonds. The normalized spacial score (nSPS) is 11.3. The van der Waals surface area contributed by atoms with Crippen LogP contribution in [0.15, 0.2) is 59.9 Å². The first-order valence-electron chi connectivity index (χ1n) is 8.41. The highest BCUT2D eigenvalue weighted by Crippen LogP contribution is 2.14. The van der Waals surface area contributed by atoms with Crippen molar-refractivity contribution in [3.63, 3.8) is 0 Å². The number of hydrogen-bond acceptors (Lipinski definition) is 4. The number of pyridine rings is 1. The molecular formula is C19H23BrN4S. The van der Waals surface area contributed by atoms with Crippen molar-refractivity contribution in [1.29, 1.82) is 0 Å². The lowest BCUT2D eigenvalue weighted by Gasteiger charge is -2.05. The Morgan fingerprint density at radius 3 is 2.64 bits per heavy atom. The quantitative estimate of drug-likeness (QED) is 0.519. The molecule has 132 valence electrons. The molecule has 0 fully saturated rings. The van der Waals surface area contributed by atoms with E-state index in [9.17, 15) is 0 Å². The highest BCUT2D eigenvalue weighted by atomic mass is 79.9. The molecule has 2 aromatic heterocycles. The maximum Gasteiger partial charge on any atom is 0.223 e. The van der Waals surface area contributed by atoms with Crippen LogP contribution in [-0.2, 0) is 13.0 Å². The second-order valence-corrected chi connectivity index (χ2v) is 6.58. The van der Waals surface area contributed by atoms with Crippen LogP contribution in [-0.4, -0.2) is 13.9 Å². The highest BCUT2D eigenvalue weighted by Gasteiger charge is 2.08. The summed E-state index contributed by atoms with van der Waals surface area (Å²) in [5, 5.41) is 0. The van der Waals surface area contributed by atoms with Gasteiger partial charge in [0.05, 0.1) is 12.2 Å². The van der Waals surface area contributed by atoms with Crippen LogP contribution < -0.4 is 4.80 Å². The van der Waals surface area contributed by atoms with Crippen molar-refractivity contribution >= 4 is 28.5 Å². The lowest BCUT2D eigenvalue weighted by atomic mass is 10.2. The molecule has 0 radical (unpaired) electrons. The van der Waals surface area contributed by atoms with Crippen LogP contribution in [0.5, 0.6) is 0 Å². The van der Waals surface area contributed by atoms with E-state index < -0.39 is 0 Å². The summed E-state index contributed by atoms with van der Waals surface area (Å²) in [6.45, 7) is 2.84. The SMILES string of the molecule is Br.CCCCCc1nc(=NCc2cccnc2)sn1-c1ccccc1. The monoisotopic (exact) mass is 418 g/mol. The van der Waals surface area contributed by atoms with Crippen LogP contribution in [0.1, 0.15) is 37.6 Å². The van der Waals surface area contributed by atoms with Gasteiger partial charge in [-0.1, -0.05) is 44.0 Å². The van der Waals surface area contributed by atoms with E-state index in [-0.39, 0.29) is 17.0 Å². The van der Waals surface area contributed by atoms with E-state index in [1.807, 2.05) is 24.4 Å². The summed E-state index contributed by atoms with van der Waals surface area (Å²) in [6.07, 6.45) is 8.23. The van der Waals surface area contributed by atoms with Gasteiger partial charge in [-0.15, -0.1) is 17.0 Å². The van der Waals surface area contributed by atoms with Gasteiger partial charge < -0.3 is 0 Å². The highest BCUT2D eigenvalue weighted by molar-refractivity contribution is 8.93. The van der Waals surface area contributed by atoms with E-state index in [2.05, 4.69) is 45.1 Å². The second-order valence-electron chi connectivity index (χ2n) is 5.67. The van der Waals surface area contributed by atoms with Gasteiger partial charge in [-0.05, 0) is 41.7 Å². The van der Waals surface area contributed by atoms with Crippen LogP contribution in [0.4, 0.5) is 0 Å². The number of aromatic nitrogens is 3. The fourth-order valence-corrected chi connectivity index (χ4v) is 3.38. The molecule has 4 nitrogen and oxygen atoms in total. The molecule has 3 rings (SSSR count). The first kappa shape index (κ1) is 19.5. The molecule has 0 unspecified atom stereocenters. The Morgan fingerprint density at radius 1 is 1.08 bits per heavy atom. The van der Waals surface area contributed by atoms with Crippen LogP contribution in [0.2, 0.25) is 0 Å². The van der Waals surface area contributed by atoms with Gasteiger partial charge in [-0.3, -0.25) is 9.98 Å². The molecule has 0 spiro atoms. The molecule has 0 aliphatic carbocycles. The number of hydrogen-bond donors (Lipinski definition) is 0. The van der Waals surface area contributed by atoms with Crippen molar-refractivity contribution in [2.45, 2.75) is 39.2 Å². The second kappa shape index (κ2) is 10.3. The summed E-state index contributed by atoms with van der Waals surface area (Å²) in [5.74, 6) is 1.10. The Kier molecular flexibility index (Phi) is 8.01. The minimum atomic E-state index is 0. The number of rotatable bonds is 7. The number of aryl methyl sites for hydroxylation is 1. The van der Waals surface area contributed by atoms with Crippen molar-refractivity contribution in [2.75, 3.05) is 0 Å². The molecule has 0 N–H and O–H groups in total. The Bertz CT molecular complexity index is 812. The first-order chi connectivity index (χ1) is 11.9. The zero-order chi connectivity index (χ0) is 16.6. The maximum atomic E-state index is 4.77. The molecular weight excluding hydrogens is 396 g/mol. The number of benzene rings is 1. The molecule has 0 aliphatic heterocycles. The average molecular weight is 419 g/mol. The van der Waals surface area contributed by atoms with Crippen molar-refractivity contribution in [2.24, 2.45) is 4.99 Å². The molecule has 0 atom stereocenters. The molecule has 1 aromatic carbocycles. The number of halogens is 1. The van der Waals surface area contributed by atoms with E-state index in [0.29, 0.717) is 6.54 Å². The summed E-state index contributed by atoms with van der Waals surface area (Å²) in [7, 11) is 0. The van der Waals surface area contributed by atoms with E-state index in [0.717, 1.165) is 34.7 Å². The zero-order valence-electron chi connectivity index (χ0n) is 14.3. The average Bonchev–Trinajstić information content (AvgIpc) is 3.05. The topological polar surface area (TPSA) is 43.1 Å². The lowest BCUT2D eigenvalue weighted by molar-refractivity contribution is 0.689. The Hall–Kier alpha value is -1.79. The Morgan fingerprint density at radius 2 is 1.92 bits per heavy atom. The van der Waals surface area contributed by atoms with E-state index in [4.69, 9.17) is 4.98 Å². The van der Waals surface area contributed by atoms with Crippen LogP contribution in [0, 0.1) is 0 Å². The number of unbranched alkanes of at least 4 members (excludes halogenated alkanes) is 2. The lowest BCUT2D eigenvalue weighted by Crippen LogP contribution is -2.02. The van der Waals surface area contributed by atoms with Gasteiger partial charge in [0.1, 0.15) is 5.82 Å². The minimum Gasteiger partial charge on any atom is -0.264 e. The fourth-order valence-electron chi connectivity index (χ4n) is 2.48. The van der Waals surface area contributed by atoms with Crippen LogP contribution in [0.3, 0.4) is 0 Å². The molecule has 0 saturated heterocycles. The van der Waals surface area contributed by atoms with Crippen LogP contribution >= 0.6 is 28.5 Å². The van der Waals surface area contributed by atoms with Gasteiger partial charge in [-0.2, -0.15) is 0 Å². The molecule has 2 heterocycles. The van der Waals surface area contributed by atoms with Gasteiger partial charge in [0.15, 0.2) is 0 Å². The molecule has 0 aliphatic rings. The van der Waals surface area contributed by atoms with Crippen molar-refractivity contribution in [3.05, 3.63) is 71.0 Å². The first-order valence-corrected chi connectivity index (χ1v) is 9.18. The molecule has 3 aromatic rings. The Balaban J connectivity index is 0.00000225. The standard InChI is InChI=1S/C19H22N4S.BrH/c1-2-3-5-12-18-22-19(21-15-16-9-8-13-20-14-16)24-23(18)17-10-6-4-7-11-17;/h4,6-11,13-14H,2-3,5,12,15H2,1H3;1H. The predicted molar refractivity (Wildman–Crippen MR) is 108 cm³/mol. The minimum absolute atomic E-state index is 0. The smallest absolute Gasteiger partial charge is 0.223 e. The van der Waals surface area contributed by atoms with Gasteiger partial charge in [0, 0.05) is 18.8 Å². The van der Waals surface area contributed by atoms with E-state index >= 15 is 0 Å².